The molecule has 0 aromatic carbocycles. The van der Waals surface area contributed by atoms with Crippen LogP contribution in [0.5, 0.6) is 0 Å². The van der Waals surface area contributed by atoms with Crippen LogP contribution in [0.4, 0.5) is 0 Å². The van der Waals surface area contributed by atoms with E-state index in [9.17, 15) is 0 Å². The molecule has 4 heteroatoms. The third kappa shape index (κ3) is 1.96. The van der Waals surface area contributed by atoms with Gasteiger partial charge in [0.15, 0.2) is 0 Å². The van der Waals surface area contributed by atoms with Gasteiger partial charge in [-0.15, -0.1) is 0 Å². The van der Waals surface area contributed by atoms with E-state index in [2.05, 4.69) is 4.98 Å². The molecule has 3 nitrogen and oxygen atoms in total. The van der Waals surface area contributed by atoms with Gasteiger partial charge in [-0.3, -0.25) is 4.98 Å². The molecule has 0 atom stereocenters. The van der Waals surface area contributed by atoms with Crippen molar-refractivity contribution in [3.8, 4) is 0 Å². The topological polar surface area (TPSA) is 53.4 Å². The predicted octanol–water partition coefficient (Wildman–Crippen LogP) is 0.419. The number of hydrogen-bond donors (Lipinski definition) is 2. The fourth-order valence-corrected chi connectivity index (χ4v) is 2.07. The van der Waals surface area contributed by atoms with Crippen LogP contribution in [0.15, 0.2) is 18.3 Å². The Hall–Kier alpha value is -0.865. The second kappa shape index (κ2) is 4.11. The summed E-state index contributed by atoms with van der Waals surface area (Å²) in [5, 5.41) is 18.0. The Morgan fingerprint density at radius 3 is 2.64 bits per heavy atom. The highest BCUT2D eigenvalue weighted by molar-refractivity contribution is 6.58. The van der Waals surface area contributed by atoms with Gasteiger partial charge in [-0.1, -0.05) is 12.8 Å². The quantitative estimate of drug-likeness (QED) is 0.666. The van der Waals surface area contributed by atoms with Crippen LogP contribution in [0.3, 0.4) is 0 Å². The van der Waals surface area contributed by atoms with E-state index >= 15 is 0 Å². The van der Waals surface area contributed by atoms with Gasteiger partial charge in [0.1, 0.15) is 0 Å². The maximum absolute atomic E-state index is 9.02. The van der Waals surface area contributed by atoms with Gasteiger partial charge in [0.05, 0.1) is 0 Å². The normalized spacial score (nSPS) is 17.3. The number of hydrogen-bond acceptors (Lipinski definition) is 3. The molecule has 74 valence electrons. The maximum Gasteiger partial charge on any atom is 0.488 e. The number of nitrogens with zero attached hydrogens (tertiary/aromatic N) is 1. The summed E-state index contributed by atoms with van der Waals surface area (Å²) in [5.74, 6) is 0.522. The SMILES string of the molecule is OB(O)c1ccnc(C2CCCC2)c1. The first-order valence-electron chi connectivity index (χ1n) is 5.09. The fraction of sp³-hybridized carbons (Fsp3) is 0.500. The Balaban J connectivity index is 2.21. The van der Waals surface area contributed by atoms with Gasteiger partial charge in [-0.2, -0.15) is 0 Å². The van der Waals surface area contributed by atoms with Crippen LogP contribution in [0.2, 0.25) is 0 Å². The molecule has 0 spiro atoms. The molecule has 1 fully saturated rings. The average Bonchev–Trinajstić information content (AvgIpc) is 2.71. The summed E-state index contributed by atoms with van der Waals surface area (Å²) < 4.78 is 0. The summed E-state index contributed by atoms with van der Waals surface area (Å²) in [7, 11) is -1.38. The summed E-state index contributed by atoms with van der Waals surface area (Å²) in [6.45, 7) is 0. The van der Waals surface area contributed by atoms with E-state index in [1.54, 1.807) is 18.3 Å². The molecule has 1 aliphatic carbocycles. The van der Waals surface area contributed by atoms with Gasteiger partial charge < -0.3 is 10.0 Å². The second-order valence-electron chi connectivity index (χ2n) is 3.87. The van der Waals surface area contributed by atoms with Gasteiger partial charge in [0.2, 0.25) is 0 Å². The standard InChI is InChI=1S/C10H14BNO2/c13-11(14)9-5-6-12-10(7-9)8-3-1-2-4-8/h5-8,13-14H,1-4H2. The zero-order valence-corrected chi connectivity index (χ0v) is 8.06. The minimum Gasteiger partial charge on any atom is -0.423 e. The van der Waals surface area contributed by atoms with E-state index in [1.807, 2.05) is 0 Å². The van der Waals surface area contributed by atoms with Crippen LogP contribution in [0, 0.1) is 0 Å². The Bertz CT molecular complexity index is 311. The zero-order valence-electron chi connectivity index (χ0n) is 8.06. The van der Waals surface area contributed by atoms with Gasteiger partial charge >= 0.3 is 7.12 Å². The molecular weight excluding hydrogens is 177 g/mol. The van der Waals surface area contributed by atoms with Crippen LogP contribution in [0.25, 0.3) is 0 Å². The molecule has 1 saturated carbocycles. The van der Waals surface area contributed by atoms with Crippen molar-refractivity contribution in [1.82, 2.24) is 4.98 Å². The second-order valence-corrected chi connectivity index (χ2v) is 3.87. The van der Waals surface area contributed by atoms with Crippen molar-refractivity contribution < 1.29 is 10.0 Å². The highest BCUT2D eigenvalue weighted by Gasteiger charge is 2.20. The van der Waals surface area contributed by atoms with Crippen molar-refractivity contribution in [2.45, 2.75) is 31.6 Å². The van der Waals surface area contributed by atoms with Crippen molar-refractivity contribution in [2.75, 3.05) is 0 Å². The largest absolute Gasteiger partial charge is 0.488 e. The third-order valence-corrected chi connectivity index (χ3v) is 2.88. The molecular formula is C10H14BNO2. The molecule has 1 aromatic heterocycles. The molecule has 0 aliphatic heterocycles. The zero-order chi connectivity index (χ0) is 9.97. The molecule has 2 N–H and O–H groups in total. The molecule has 0 bridgehead atoms. The molecule has 1 heterocycles. The van der Waals surface area contributed by atoms with Crippen LogP contribution in [-0.2, 0) is 0 Å². The molecule has 2 rings (SSSR count). The lowest BCUT2D eigenvalue weighted by atomic mass is 9.80. The Kier molecular flexibility index (Phi) is 2.84. The Morgan fingerprint density at radius 2 is 2.00 bits per heavy atom. The first kappa shape index (κ1) is 9.68. The lowest BCUT2D eigenvalue weighted by molar-refractivity contribution is 0.425. The lowest BCUT2D eigenvalue weighted by Gasteiger charge is -2.09. The molecule has 0 unspecified atom stereocenters. The monoisotopic (exact) mass is 191 g/mol. The summed E-state index contributed by atoms with van der Waals surface area (Å²) in [4.78, 5) is 4.28. The van der Waals surface area contributed by atoms with Gasteiger partial charge in [-0.25, -0.2) is 0 Å². The molecule has 1 aromatic rings. The summed E-state index contributed by atoms with van der Waals surface area (Å²) in [5.41, 5.74) is 1.55. The first-order chi connectivity index (χ1) is 6.77. The molecule has 1 aliphatic rings. The number of rotatable bonds is 2. The van der Waals surface area contributed by atoms with Crippen LogP contribution in [0.1, 0.15) is 37.3 Å². The lowest BCUT2D eigenvalue weighted by Crippen LogP contribution is -2.30. The smallest absolute Gasteiger partial charge is 0.423 e. The van der Waals surface area contributed by atoms with Gasteiger partial charge in [0.25, 0.3) is 0 Å². The van der Waals surface area contributed by atoms with Crippen molar-refractivity contribution in [2.24, 2.45) is 0 Å². The van der Waals surface area contributed by atoms with Crippen LogP contribution in [-0.4, -0.2) is 22.2 Å². The van der Waals surface area contributed by atoms with Crippen molar-refractivity contribution >= 4 is 12.6 Å². The van der Waals surface area contributed by atoms with E-state index in [-0.39, 0.29) is 0 Å². The van der Waals surface area contributed by atoms with Crippen molar-refractivity contribution in [3.05, 3.63) is 24.0 Å². The maximum atomic E-state index is 9.02. The van der Waals surface area contributed by atoms with Gasteiger partial charge in [0, 0.05) is 17.8 Å². The third-order valence-electron chi connectivity index (χ3n) is 2.88. The minimum atomic E-state index is -1.38. The van der Waals surface area contributed by atoms with E-state index in [0.29, 0.717) is 11.4 Å². The first-order valence-corrected chi connectivity index (χ1v) is 5.09. The Morgan fingerprint density at radius 1 is 1.29 bits per heavy atom. The van der Waals surface area contributed by atoms with Crippen LogP contribution >= 0.6 is 0 Å². The van der Waals surface area contributed by atoms with Gasteiger partial charge in [-0.05, 0) is 30.4 Å². The highest BCUT2D eigenvalue weighted by atomic mass is 16.4. The molecule has 0 saturated heterocycles. The summed E-state index contributed by atoms with van der Waals surface area (Å²) in [6, 6.07) is 3.45. The van der Waals surface area contributed by atoms with Crippen molar-refractivity contribution in [3.63, 3.8) is 0 Å². The number of pyridine rings is 1. The average molecular weight is 191 g/mol. The molecule has 0 radical (unpaired) electrons. The number of aromatic nitrogens is 1. The fourth-order valence-electron chi connectivity index (χ4n) is 2.07. The van der Waals surface area contributed by atoms with E-state index in [0.717, 1.165) is 5.69 Å². The summed E-state index contributed by atoms with van der Waals surface area (Å²) in [6.07, 6.45) is 6.54. The Labute approximate surface area is 84.0 Å². The molecule has 0 amide bonds. The predicted molar refractivity (Wildman–Crippen MR) is 55.3 cm³/mol. The highest BCUT2D eigenvalue weighted by Crippen LogP contribution is 2.32. The minimum absolute atomic E-state index is 0.522. The van der Waals surface area contributed by atoms with E-state index in [4.69, 9.17) is 10.0 Å². The van der Waals surface area contributed by atoms with Crippen molar-refractivity contribution in [1.29, 1.82) is 0 Å². The van der Waals surface area contributed by atoms with E-state index in [1.165, 1.54) is 25.7 Å². The summed E-state index contributed by atoms with van der Waals surface area (Å²) >= 11 is 0. The molecule has 14 heavy (non-hydrogen) atoms. The van der Waals surface area contributed by atoms with Crippen LogP contribution < -0.4 is 5.46 Å². The van der Waals surface area contributed by atoms with E-state index < -0.39 is 7.12 Å².